The third-order valence-electron chi connectivity index (χ3n) is 5.93. The Hall–Kier alpha value is -2.59. The number of nitrogens with two attached hydrogens (primary N) is 1. The van der Waals surface area contributed by atoms with Gasteiger partial charge in [0.2, 0.25) is 17.7 Å². The fourth-order valence-electron chi connectivity index (χ4n) is 3.98. The van der Waals surface area contributed by atoms with Gasteiger partial charge < -0.3 is 26.4 Å². The van der Waals surface area contributed by atoms with Crippen LogP contribution < -0.4 is 16.4 Å². The van der Waals surface area contributed by atoms with Crippen molar-refractivity contribution in [3.05, 3.63) is 35.9 Å². The van der Waals surface area contributed by atoms with Crippen LogP contribution in [0.25, 0.3) is 0 Å². The van der Waals surface area contributed by atoms with Crippen LogP contribution in [0.4, 0.5) is 0 Å². The molecule has 34 heavy (non-hydrogen) atoms. The molecule has 0 aromatic heterocycles. The Morgan fingerprint density at radius 1 is 1.18 bits per heavy atom. The van der Waals surface area contributed by atoms with Gasteiger partial charge in [-0.15, -0.1) is 0 Å². The molecule has 9 nitrogen and oxygen atoms in total. The molecule has 3 amide bonds. The maximum atomic E-state index is 13.4. The van der Waals surface area contributed by atoms with E-state index in [4.69, 9.17) is 5.73 Å². The number of amides is 3. The zero-order valence-corrected chi connectivity index (χ0v) is 20.8. The van der Waals surface area contributed by atoms with E-state index >= 15 is 0 Å². The van der Waals surface area contributed by atoms with Gasteiger partial charge in [0.15, 0.2) is 0 Å². The van der Waals surface area contributed by atoms with Crippen molar-refractivity contribution in [2.45, 2.75) is 63.7 Å². The van der Waals surface area contributed by atoms with E-state index in [-0.39, 0.29) is 11.8 Å². The molecule has 188 valence electrons. The molecule has 0 saturated carbocycles. The summed E-state index contributed by atoms with van der Waals surface area (Å²) in [5, 5.41) is 14.8. The maximum Gasteiger partial charge on any atom is 0.326 e. The van der Waals surface area contributed by atoms with E-state index in [2.05, 4.69) is 10.6 Å². The highest BCUT2D eigenvalue weighted by molar-refractivity contribution is 7.98. The summed E-state index contributed by atoms with van der Waals surface area (Å²) in [5.41, 5.74) is 7.01. The predicted octanol–water partition coefficient (Wildman–Crippen LogP) is 1.01. The Bertz CT molecular complexity index is 851. The number of likely N-dealkylation sites (tertiary alicyclic amines) is 1. The zero-order valence-electron chi connectivity index (χ0n) is 20.0. The largest absolute Gasteiger partial charge is 0.480 e. The summed E-state index contributed by atoms with van der Waals surface area (Å²) < 4.78 is 0. The van der Waals surface area contributed by atoms with E-state index in [1.165, 1.54) is 16.7 Å². The summed E-state index contributed by atoms with van der Waals surface area (Å²) in [5.74, 6) is -2.00. The monoisotopic (exact) mass is 492 g/mol. The van der Waals surface area contributed by atoms with Crippen molar-refractivity contribution in [1.82, 2.24) is 15.5 Å². The second-order valence-corrected chi connectivity index (χ2v) is 9.88. The first-order valence-corrected chi connectivity index (χ1v) is 13.0. The van der Waals surface area contributed by atoms with Gasteiger partial charge in [-0.3, -0.25) is 14.4 Å². The van der Waals surface area contributed by atoms with Gasteiger partial charge in [0.1, 0.15) is 18.1 Å². The zero-order chi connectivity index (χ0) is 25.3. The van der Waals surface area contributed by atoms with Crippen LogP contribution in [0.5, 0.6) is 0 Å². The number of hydrogen-bond donors (Lipinski definition) is 4. The van der Waals surface area contributed by atoms with Gasteiger partial charge in [0.05, 0.1) is 6.04 Å². The van der Waals surface area contributed by atoms with Crippen LogP contribution in [0.1, 0.15) is 38.7 Å². The van der Waals surface area contributed by atoms with Crippen LogP contribution in [-0.2, 0) is 25.6 Å². The van der Waals surface area contributed by atoms with Crippen molar-refractivity contribution in [2.24, 2.45) is 11.7 Å². The van der Waals surface area contributed by atoms with Gasteiger partial charge in [-0.05, 0) is 49.2 Å². The molecule has 4 atom stereocenters. The van der Waals surface area contributed by atoms with Crippen molar-refractivity contribution in [3.8, 4) is 0 Å². The number of nitrogens with zero attached hydrogens (tertiary/aromatic N) is 1. The van der Waals surface area contributed by atoms with Gasteiger partial charge in [0.25, 0.3) is 0 Å². The van der Waals surface area contributed by atoms with Crippen molar-refractivity contribution in [3.63, 3.8) is 0 Å². The third-order valence-corrected chi connectivity index (χ3v) is 6.57. The number of carbonyl (C=O) groups excluding carboxylic acids is 3. The summed E-state index contributed by atoms with van der Waals surface area (Å²) in [6.07, 6.45) is 3.57. The smallest absolute Gasteiger partial charge is 0.326 e. The van der Waals surface area contributed by atoms with Crippen molar-refractivity contribution < 1.29 is 24.3 Å². The number of carboxylic acids is 1. The maximum absolute atomic E-state index is 13.4. The summed E-state index contributed by atoms with van der Waals surface area (Å²) in [7, 11) is 0. The molecule has 1 aliphatic heterocycles. The van der Waals surface area contributed by atoms with E-state index in [0.29, 0.717) is 38.0 Å². The third kappa shape index (κ3) is 7.73. The second-order valence-electron chi connectivity index (χ2n) is 8.90. The number of rotatable bonds is 12. The minimum atomic E-state index is -1.10. The fraction of sp³-hybridized carbons (Fsp3) is 0.583. The molecular weight excluding hydrogens is 456 g/mol. The molecule has 1 aromatic carbocycles. The van der Waals surface area contributed by atoms with E-state index in [1.807, 2.05) is 50.4 Å². The van der Waals surface area contributed by atoms with Crippen LogP contribution in [0.2, 0.25) is 0 Å². The number of nitrogens with one attached hydrogen (secondary N) is 2. The van der Waals surface area contributed by atoms with E-state index in [1.54, 1.807) is 0 Å². The van der Waals surface area contributed by atoms with Crippen LogP contribution in [0, 0.1) is 5.92 Å². The summed E-state index contributed by atoms with van der Waals surface area (Å²) in [6.45, 7) is 4.01. The predicted molar refractivity (Wildman–Crippen MR) is 132 cm³/mol. The molecule has 1 saturated heterocycles. The highest BCUT2D eigenvalue weighted by Gasteiger charge is 2.39. The lowest BCUT2D eigenvalue weighted by Gasteiger charge is -2.31. The number of carbonyl (C=O) groups is 4. The molecular formula is C24H36N4O5S. The van der Waals surface area contributed by atoms with Crippen LogP contribution >= 0.6 is 11.8 Å². The topological polar surface area (TPSA) is 142 Å². The first kappa shape index (κ1) is 27.7. The highest BCUT2D eigenvalue weighted by atomic mass is 32.2. The Morgan fingerprint density at radius 2 is 1.85 bits per heavy atom. The van der Waals surface area contributed by atoms with E-state index < -0.39 is 42.0 Å². The van der Waals surface area contributed by atoms with Gasteiger partial charge in [0, 0.05) is 6.54 Å². The molecule has 5 N–H and O–H groups in total. The minimum absolute atomic E-state index is 0.224. The molecule has 4 unspecified atom stereocenters. The van der Waals surface area contributed by atoms with E-state index in [0.717, 1.165) is 5.56 Å². The number of carboxylic acid groups (broad SMARTS) is 1. The summed E-state index contributed by atoms with van der Waals surface area (Å²) in [4.78, 5) is 52.0. The van der Waals surface area contributed by atoms with Crippen molar-refractivity contribution in [2.75, 3.05) is 18.6 Å². The molecule has 0 aliphatic carbocycles. The average Bonchev–Trinajstić information content (AvgIpc) is 3.30. The van der Waals surface area contributed by atoms with Crippen molar-refractivity contribution >= 4 is 35.5 Å². The van der Waals surface area contributed by atoms with Crippen molar-refractivity contribution in [1.29, 1.82) is 0 Å². The number of thioether (sulfide) groups is 1. The molecule has 0 bridgehead atoms. The Balaban J connectivity index is 2.06. The number of hydrogen-bond acceptors (Lipinski definition) is 6. The average molecular weight is 493 g/mol. The molecule has 1 heterocycles. The quantitative estimate of drug-likeness (QED) is 0.341. The molecule has 1 fully saturated rings. The lowest BCUT2D eigenvalue weighted by atomic mass is 10.0. The lowest BCUT2D eigenvalue weighted by Crippen LogP contribution is -2.58. The molecule has 1 aliphatic rings. The first-order valence-electron chi connectivity index (χ1n) is 11.6. The number of aliphatic carboxylic acids is 1. The fourth-order valence-corrected chi connectivity index (χ4v) is 4.45. The molecule has 0 radical (unpaired) electrons. The van der Waals surface area contributed by atoms with Gasteiger partial charge in [-0.2, -0.15) is 11.8 Å². The van der Waals surface area contributed by atoms with Gasteiger partial charge in [-0.1, -0.05) is 44.2 Å². The molecule has 10 heteroatoms. The molecule has 1 aromatic rings. The minimum Gasteiger partial charge on any atom is -0.480 e. The Labute approximate surface area is 205 Å². The first-order chi connectivity index (χ1) is 16.1. The van der Waals surface area contributed by atoms with E-state index in [9.17, 15) is 24.3 Å². The summed E-state index contributed by atoms with van der Waals surface area (Å²) >= 11 is 1.50. The lowest BCUT2D eigenvalue weighted by molar-refractivity contribution is -0.145. The van der Waals surface area contributed by atoms with Crippen LogP contribution in [-0.4, -0.2) is 76.4 Å². The SMILES string of the molecule is CSCCC(NC(=O)C1CCCN1C(=O)C(NC(=O)C(N)Cc1ccccc1)C(C)C)C(=O)O. The molecule has 0 spiro atoms. The van der Waals surface area contributed by atoms with Crippen LogP contribution in [0.15, 0.2) is 30.3 Å². The van der Waals surface area contributed by atoms with Crippen LogP contribution in [0.3, 0.4) is 0 Å². The normalized spacial score (nSPS) is 18.3. The highest BCUT2D eigenvalue weighted by Crippen LogP contribution is 2.21. The summed E-state index contributed by atoms with van der Waals surface area (Å²) in [6, 6.07) is 5.96. The second kappa shape index (κ2) is 13.3. The molecule has 2 rings (SSSR count). The standard InChI is InChI=1S/C24H36N4O5S/c1-15(2)20(27-21(29)17(25)14-16-8-5-4-6-9-16)23(31)28-12-7-10-19(28)22(30)26-18(24(32)33)11-13-34-3/h4-6,8-9,15,17-20H,7,10-14,25H2,1-3H3,(H,26,30)(H,27,29)(H,32,33). The number of benzene rings is 1. The Morgan fingerprint density at radius 3 is 2.44 bits per heavy atom. The van der Waals surface area contributed by atoms with Gasteiger partial charge >= 0.3 is 5.97 Å². The van der Waals surface area contributed by atoms with Gasteiger partial charge in [-0.25, -0.2) is 4.79 Å². The Kier molecular flexibility index (Phi) is 10.8.